The van der Waals surface area contributed by atoms with E-state index in [0.29, 0.717) is 17.7 Å². The zero-order valence-corrected chi connectivity index (χ0v) is 9.79. The van der Waals surface area contributed by atoms with Crippen LogP contribution < -0.4 is 0 Å². The van der Waals surface area contributed by atoms with Crippen molar-refractivity contribution in [2.75, 3.05) is 5.88 Å². The van der Waals surface area contributed by atoms with Crippen LogP contribution in [0.1, 0.15) is 25.3 Å². The molecule has 1 aromatic heterocycles. The molecule has 0 aliphatic carbocycles. The molecule has 1 heterocycles. The quantitative estimate of drug-likeness (QED) is 0.701. The molecular formula is C13H15ClO. The second kappa shape index (κ2) is 4.28. The van der Waals surface area contributed by atoms with Crippen molar-refractivity contribution >= 4 is 22.6 Å². The van der Waals surface area contributed by atoms with Gasteiger partial charge in [-0.1, -0.05) is 19.9 Å². The highest BCUT2D eigenvalue weighted by molar-refractivity contribution is 6.18. The number of benzene rings is 1. The molecule has 80 valence electrons. The van der Waals surface area contributed by atoms with Crippen molar-refractivity contribution in [1.29, 1.82) is 0 Å². The van der Waals surface area contributed by atoms with Gasteiger partial charge in [-0.05, 0) is 35.6 Å². The van der Waals surface area contributed by atoms with Gasteiger partial charge in [0.1, 0.15) is 5.58 Å². The zero-order valence-electron chi connectivity index (χ0n) is 9.03. The van der Waals surface area contributed by atoms with Gasteiger partial charge in [0.15, 0.2) is 0 Å². The summed E-state index contributed by atoms with van der Waals surface area (Å²) in [4.78, 5) is 0. The van der Waals surface area contributed by atoms with Gasteiger partial charge in [0.05, 0.1) is 6.26 Å². The maximum Gasteiger partial charge on any atom is 0.133 e. The Labute approximate surface area is 95.0 Å². The lowest BCUT2D eigenvalue weighted by Crippen LogP contribution is -2.07. The predicted octanol–water partition coefficient (Wildman–Crippen LogP) is 4.41. The smallest absolute Gasteiger partial charge is 0.133 e. The highest BCUT2D eigenvalue weighted by atomic mass is 35.5. The zero-order chi connectivity index (χ0) is 10.8. The van der Waals surface area contributed by atoms with Crippen molar-refractivity contribution in [3.8, 4) is 0 Å². The summed E-state index contributed by atoms with van der Waals surface area (Å²) in [5.41, 5.74) is 2.24. The van der Waals surface area contributed by atoms with Gasteiger partial charge >= 0.3 is 0 Å². The highest BCUT2D eigenvalue weighted by Crippen LogP contribution is 2.28. The maximum atomic E-state index is 6.00. The molecule has 0 spiro atoms. The number of furan rings is 1. The summed E-state index contributed by atoms with van der Waals surface area (Å²) in [5.74, 6) is 1.65. The fraction of sp³-hybridized carbons (Fsp3) is 0.385. The van der Waals surface area contributed by atoms with Crippen LogP contribution in [0.25, 0.3) is 11.0 Å². The van der Waals surface area contributed by atoms with Gasteiger partial charge in [0, 0.05) is 11.3 Å². The van der Waals surface area contributed by atoms with Crippen molar-refractivity contribution in [2.24, 2.45) is 5.92 Å². The Bertz CT molecular complexity index is 444. The molecule has 0 saturated carbocycles. The Morgan fingerprint density at radius 2 is 2.07 bits per heavy atom. The molecule has 15 heavy (non-hydrogen) atoms. The van der Waals surface area contributed by atoms with E-state index in [0.717, 1.165) is 11.0 Å². The first-order chi connectivity index (χ1) is 7.22. The molecule has 0 fully saturated rings. The Balaban J connectivity index is 2.41. The maximum absolute atomic E-state index is 6.00. The number of rotatable bonds is 3. The van der Waals surface area contributed by atoms with Crippen molar-refractivity contribution in [2.45, 2.75) is 19.8 Å². The highest BCUT2D eigenvalue weighted by Gasteiger charge is 2.15. The molecule has 0 aliphatic heterocycles. The molecule has 0 amide bonds. The minimum Gasteiger partial charge on any atom is -0.464 e. The average Bonchev–Trinajstić information content (AvgIpc) is 2.65. The van der Waals surface area contributed by atoms with E-state index >= 15 is 0 Å². The lowest BCUT2D eigenvalue weighted by atomic mass is 9.90. The van der Waals surface area contributed by atoms with Crippen LogP contribution >= 0.6 is 11.6 Å². The Kier molecular flexibility index (Phi) is 3.01. The standard InChI is InChI=1S/C13H15ClO/c1-9(2)12(8-14)10-3-4-13-11(7-10)5-6-15-13/h3-7,9,12H,8H2,1-2H3. The van der Waals surface area contributed by atoms with Crippen LogP contribution in [0.2, 0.25) is 0 Å². The number of alkyl halides is 1. The number of halogens is 1. The van der Waals surface area contributed by atoms with E-state index in [1.807, 2.05) is 12.1 Å². The summed E-state index contributed by atoms with van der Waals surface area (Å²) >= 11 is 6.00. The molecule has 0 bridgehead atoms. The lowest BCUT2D eigenvalue weighted by molar-refractivity contribution is 0.540. The molecular weight excluding hydrogens is 208 g/mol. The Hall–Kier alpha value is -0.950. The molecule has 2 aromatic rings. The lowest BCUT2D eigenvalue weighted by Gasteiger charge is -2.18. The molecule has 2 rings (SSSR count). The van der Waals surface area contributed by atoms with Crippen LogP contribution in [-0.2, 0) is 0 Å². The number of fused-ring (bicyclic) bond motifs is 1. The van der Waals surface area contributed by atoms with Gasteiger partial charge in [0.2, 0.25) is 0 Å². The minimum atomic E-state index is 0.422. The molecule has 0 aliphatic rings. The SMILES string of the molecule is CC(C)C(CCl)c1ccc2occc2c1. The topological polar surface area (TPSA) is 13.1 Å². The second-order valence-electron chi connectivity index (χ2n) is 4.22. The third-order valence-corrected chi connectivity index (χ3v) is 3.21. The van der Waals surface area contributed by atoms with Crippen molar-refractivity contribution in [3.63, 3.8) is 0 Å². The van der Waals surface area contributed by atoms with E-state index in [9.17, 15) is 0 Å². The molecule has 0 saturated heterocycles. The van der Waals surface area contributed by atoms with Gasteiger partial charge < -0.3 is 4.42 Å². The van der Waals surface area contributed by atoms with Crippen LogP contribution in [0.3, 0.4) is 0 Å². The van der Waals surface area contributed by atoms with E-state index < -0.39 is 0 Å². The molecule has 0 N–H and O–H groups in total. The second-order valence-corrected chi connectivity index (χ2v) is 4.53. The molecule has 1 aromatic carbocycles. The first-order valence-electron chi connectivity index (χ1n) is 5.25. The fourth-order valence-electron chi connectivity index (χ4n) is 1.87. The normalized spacial score (nSPS) is 13.6. The van der Waals surface area contributed by atoms with Crippen LogP contribution in [0, 0.1) is 5.92 Å². The fourth-order valence-corrected chi connectivity index (χ4v) is 2.40. The Morgan fingerprint density at radius 3 is 2.73 bits per heavy atom. The van der Waals surface area contributed by atoms with Crippen molar-refractivity contribution in [3.05, 3.63) is 36.1 Å². The third-order valence-electron chi connectivity index (χ3n) is 2.88. The summed E-state index contributed by atoms with van der Waals surface area (Å²) < 4.78 is 5.31. The summed E-state index contributed by atoms with van der Waals surface area (Å²) in [6.07, 6.45) is 1.72. The summed E-state index contributed by atoms with van der Waals surface area (Å²) in [6, 6.07) is 8.29. The van der Waals surface area contributed by atoms with Crippen LogP contribution in [0.4, 0.5) is 0 Å². The first-order valence-corrected chi connectivity index (χ1v) is 5.79. The van der Waals surface area contributed by atoms with Gasteiger partial charge in [-0.25, -0.2) is 0 Å². The van der Waals surface area contributed by atoms with E-state index in [-0.39, 0.29) is 0 Å². The number of hydrogen-bond donors (Lipinski definition) is 0. The summed E-state index contributed by atoms with van der Waals surface area (Å²) in [7, 11) is 0. The monoisotopic (exact) mass is 222 g/mol. The summed E-state index contributed by atoms with van der Waals surface area (Å²) in [6.45, 7) is 4.40. The largest absolute Gasteiger partial charge is 0.464 e. The van der Waals surface area contributed by atoms with E-state index in [4.69, 9.17) is 16.0 Å². The first kappa shape index (κ1) is 10.6. The van der Waals surface area contributed by atoms with E-state index in [2.05, 4.69) is 26.0 Å². The Morgan fingerprint density at radius 1 is 1.27 bits per heavy atom. The van der Waals surface area contributed by atoms with Crippen LogP contribution in [0.5, 0.6) is 0 Å². The molecule has 0 radical (unpaired) electrons. The molecule has 1 nitrogen and oxygen atoms in total. The third kappa shape index (κ3) is 2.03. The molecule has 2 heteroatoms. The molecule has 1 atom stereocenters. The number of hydrogen-bond acceptors (Lipinski definition) is 1. The van der Waals surface area contributed by atoms with E-state index in [1.54, 1.807) is 6.26 Å². The van der Waals surface area contributed by atoms with Crippen LogP contribution in [0.15, 0.2) is 34.9 Å². The van der Waals surface area contributed by atoms with Crippen molar-refractivity contribution < 1.29 is 4.42 Å². The van der Waals surface area contributed by atoms with Gasteiger partial charge in [-0.3, -0.25) is 0 Å². The predicted molar refractivity (Wildman–Crippen MR) is 64.5 cm³/mol. The van der Waals surface area contributed by atoms with Gasteiger partial charge in [-0.15, -0.1) is 11.6 Å². The minimum absolute atomic E-state index is 0.422. The van der Waals surface area contributed by atoms with Crippen LogP contribution in [-0.4, -0.2) is 5.88 Å². The van der Waals surface area contributed by atoms with Gasteiger partial charge in [-0.2, -0.15) is 0 Å². The van der Waals surface area contributed by atoms with Crippen molar-refractivity contribution in [1.82, 2.24) is 0 Å². The average molecular weight is 223 g/mol. The van der Waals surface area contributed by atoms with Gasteiger partial charge in [0.25, 0.3) is 0 Å². The van der Waals surface area contributed by atoms with E-state index in [1.165, 1.54) is 5.56 Å². The summed E-state index contributed by atoms with van der Waals surface area (Å²) in [5, 5.41) is 1.16. The molecule has 1 unspecified atom stereocenters.